The van der Waals surface area contributed by atoms with Gasteiger partial charge in [0, 0.05) is 13.2 Å². The average Bonchev–Trinajstić information content (AvgIpc) is 2.86. The maximum Gasteiger partial charge on any atom is 0.336 e. The summed E-state index contributed by atoms with van der Waals surface area (Å²) in [5.41, 5.74) is 0. The van der Waals surface area contributed by atoms with E-state index >= 15 is 0 Å². The quantitative estimate of drug-likeness (QED) is 0.852. The van der Waals surface area contributed by atoms with Crippen LogP contribution in [0.4, 0.5) is 11.8 Å². The molecular formula is C11H13ClN6O2. The number of nitrogens with one attached hydrogen (secondary N) is 2. The number of amides is 1. The fourth-order valence-electron chi connectivity index (χ4n) is 1.46. The Morgan fingerprint density at radius 1 is 1.55 bits per heavy atom. The van der Waals surface area contributed by atoms with Crippen LogP contribution in [0.2, 0.25) is 5.02 Å². The van der Waals surface area contributed by atoms with Crippen LogP contribution in [0.3, 0.4) is 0 Å². The van der Waals surface area contributed by atoms with Crippen LogP contribution in [-0.2, 0) is 4.79 Å². The number of aromatic nitrogens is 4. The highest BCUT2D eigenvalue weighted by molar-refractivity contribution is 6.30. The Hall–Kier alpha value is -2.35. The predicted octanol–water partition coefficient (Wildman–Crippen LogP) is 0.937. The summed E-state index contributed by atoms with van der Waals surface area (Å²) in [7, 11) is 3.19. The van der Waals surface area contributed by atoms with Crippen LogP contribution in [0.5, 0.6) is 6.01 Å². The third kappa shape index (κ3) is 3.58. The van der Waals surface area contributed by atoms with E-state index in [0.29, 0.717) is 10.8 Å². The van der Waals surface area contributed by atoms with Crippen molar-refractivity contribution in [3.63, 3.8) is 0 Å². The van der Waals surface area contributed by atoms with Gasteiger partial charge < -0.3 is 9.64 Å². The Morgan fingerprint density at radius 2 is 2.35 bits per heavy atom. The first-order valence-corrected chi connectivity index (χ1v) is 6.05. The van der Waals surface area contributed by atoms with Crippen LogP contribution in [0.15, 0.2) is 18.3 Å². The summed E-state index contributed by atoms with van der Waals surface area (Å²) in [4.78, 5) is 21.5. The number of nitrogens with zero attached hydrogens (tertiary/aromatic N) is 4. The molecule has 0 unspecified atom stereocenters. The number of carbonyl (C=O) groups is 1. The van der Waals surface area contributed by atoms with E-state index in [-0.39, 0.29) is 24.4 Å². The number of H-pyrrole nitrogens is 1. The lowest BCUT2D eigenvalue weighted by atomic mass is 10.4. The first kappa shape index (κ1) is 14.1. The van der Waals surface area contributed by atoms with Crippen molar-refractivity contribution in [1.29, 1.82) is 0 Å². The van der Waals surface area contributed by atoms with Gasteiger partial charge in [0.15, 0.2) is 0 Å². The van der Waals surface area contributed by atoms with Gasteiger partial charge >= 0.3 is 6.01 Å². The fraction of sp³-hybridized carbons (Fsp3) is 0.273. The minimum absolute atomic E-state index is 0.109. The smallest absolute Gasteiger partial charge is 0.336 e. The molecule has 0 bridgehead atoms. The Morgan fingerprint density at radius 3 is 2.95 bits per heavy atom. The number of halogens is 1. The van der Waals surface area contributed by atoms with Gasteiger partial charge in [0.1, 0.15) is 5.82 Å². The minimum atomic E-state index is -0.261. The highest BCUT2D eigenvalue weighted by Crippen LogP contribution is 2.12. The molecule has 9 heteroatoms. The van der Waals surface area contributed by atoms with Crippen molar-refractivity contribution in [2.24, 2.45) is 0 Å². The van der Waals surface area contributed by atoms with Crippen molar-refractivity contribution in [1.82, 2.24) is 20.2 Å². The second kappa shape index (κ2) is 6.20. The van der Waals surface area contributed by atoms with E-state index in [1.54, 1.807) is 24.1 Å². The lowest BCUT2D eigenvalue weighted by molar-refractivity contribution is -0.115. The normalized spacial score (nSPS) is 10.2. The lowest BCUT2D eigenvalue weighted by Crippen LogP contribution is -2.30. The zero-order valence-electron chi connectivity index (χ0n) is 10.9. The molecule has 20 heavy (non-hydrogen) atoms. The monoisotopic (exact) mass is 296 g/mol. The molecule has 2 rings (SSSR count). The number of hydrogen-bond acceptors (Lipinski definition) is 6. The molecule has 0 radical (unpaired) electrons. The van der Waals surface area contributed by atoms with Gasteiger partial charge in [-0.15, -0.1) is 5.10 Å². The molecule has 106 valence electrons. The highest BCUT2D eigenvalue weighted by atomic mass is 35.5. The third-order valence-electron chi connectivity index (χ3n) is 2.39. The highest BCUT2D eigenvalue weighted by Gasteiger charge is 2.11. The molecule has 2 aromatic rings. The van der Waals surface area contributed by atoms with Gasteiger partial charge in [0.25, 0.3) is 0 Å². The third-order valence-corrected chi connectivity index (χ3v) is 2.61. The molecule has 0 saturated carbocycles. The zero-order chi connectivity index (χ0) is 14.5. The molecule has 0 aliphatic heterocycles. The van der Waals surface area contributed by atoms with Gasteiger partial charge in [-0.25, -0.2) is 10.1 Å². The van der Waals surface area contributed by atoms with E-state index in [1.165, 1.54) is 13.3 Å². The molecule has 0 aliphatic rings. The SMILES string of the molecule is COc1n[nH]c(NC(=O)CN(C)c2ccc(Cl)cn2)n1. The van der Waals surface area contributed by atoms with Crippen LogP contribution in [0, 0.1) is 0 Å². The minimum Gasteiger partial charge on any atom is -0.466 e. The van der Waals surface area contributed by atoms with Crippen molar-refractivity contribution in [2.45, 2.75) is 0 Å². The van der Waals surface area contributed by atoms with E-state index in [2.05, 4.69) is 25.5 Å². The summed E-state index contributed by atoms with van der Waals surface area (Å²) in [5, 5.41) is 9.37. The summed E-state index contributed by atoms with van der Waals surface area (Å²) < 4.78 is 4.80. The van der Waals surface area contributed by atoms with Crippen LogP contribution >= 0.6 is 11.6 Å². The topological polar surface area (TPSA) is 96.0 Å². The van der Waals surface area contributed by atoms with E-state index in [9.17, 15) is 4.79 Å². The molecule has 0 aliphatic carbocycles. The van der Waals surface area contributed by atoms with Crippen molar-refractivity contribution in [3.8, 4) is 6.01 Å². The van der Waals surface area contributed by atoms with Crippen molar-refractivity contribution < 1.29 is 9.53 Å². The largest absolute Gasteiger partial charge is 0.466 e. The maximum absolute atomic E-state index is 11.8. The average molecular weight is 297 g/mol. The Kier molecular flexibility index (Phi) is 4.36. The first-order valence-electron chi connectivity index (χ1n) is 5.67. The fourth-order valence-corrected chi connectivity index (χ4v) is 1.57. The van der Waals surface area contributed by atoms with Gasteiger partial charge in [-0.2, -0.15) is 4.98 Å². The molecular weight excluding hydrogens is 284 g/mol. The number of pyridine rings is 1. The predicted molar refractivity (Wildman–Crippen MR) is 74.1 cm³/mol. The molecule has 0 atom stereocenters. The van der Waals surface area contributed by atoms with Gasteiger partial charge in [0.05, 0.1) is 18.7 Å². The summed E-state index contributed by atoms with van der Waals surface area (Å²) in [6.45, 7) is 0.109. The molecule has 0 spiro atoms. The molecule has 2 heterocycles. The molecule has 0 fully saturated rings. The standard InChI is InChI=1S/C11H13ClN6O2/c1-18(8-4-3-7(12)5-13-8)6-9(19)14-10-15-11(20-2)17-16-10/h3-5H,6H2,1-2H3,(H2,14,15,16,17,19). The summed E-state index contributed by atoms with van der Waals surface area (Å²) in [5.74, 6) is 0.604. The molecule has 8 nitrogen and oxygen atoms in total. The van der Waals surface area contributed by atoms with E-state index in [0.717, 1.165) is 0 Å². The van der Waals surface area contributed by atoms with Crippen LogP contribution in [0.25, 0.3) is 0 Å². The lowest BCUT2D eigenvalue weighted by Gasteiger charge is -2.16. The molecule has 2 aromatic heterocycles. The van der Waals surface area contributed by atoms with Gasteiger partial charge in [-0.1, -0.05) is 11.6 Å². The van der Waals surface area contributed by atoms with Crippen molar-refractivity contribution in [2.75, 3.05) is 30.9 Å². The van der Waals surface area contributed by atoms with E-state index in [1.807, 2.05) is 0 Å². The maximum atomic E-state index is 11.8. The van der Waals surface area contributed by atoms with Crippen molar-refractivity contribution in [3.05, 3.63) is 23.4 Å². The molecule has 2 N–H and O–H groups in total. The summed E-state index contributed by atoms with van der Waals surface area (Å²) in [6.07, 6.45) is 1.52. The van der Waals surface area contributed by atoms with E-state index < -0.39 is 0 Å². The van der Waals surface area contributed by atoms with Gasteiger partial charge in [-0.3, -0.25) is 10.1 Å². The number of aromatic amines is 1. The Labute approximate surface area is 120 Å². The molecule has 0 aromatic carbocycles. The summed E-state index contributed by atoms with van der Waals surface area (Å²) >= 11 is 5.75. The molecule has 1 amide bonds. The van der Waals surface area contributed by atoms with Gasteiger partial charge in [-0.05, 0) is 12.1 Å². The Balaban J connectivity index is 1.92. The van der Waals surface area contributed by atoms with Crippen LogP contribution in [0.1, 0.15) is 0 Å². The number of methoxy groups -OCH3 is 1. The number of hydrogen-bond donors (Lipinski definition) is 2. The first-order chi connectivity index (χ1) is 9.58. The van der Waals surface area contributed by atoms with Crippen LogP contribution in [-0.4, -0.2) is 46.8 Å². The van der Waals surface area contributed by atoms with E-state index in [4.69, 9.17) is 16.3 Å². The Bertz CT molecular complexity index is 585. The number of rotatable bonds is 5. The number of carbonyl (C=O) groups excluding carboxylic acids is 1. The number of ether oxygens (including phenoxy) is 1. The number of anilines is 2. The van der Waals surface area contributed by atoms with Gasteiger partial charge in [0.2, 0.25) is 11.9 Å². The second-order valence-corrected chi connectivity index (χ2v) is 4.35. The summed E-state index contributed by atoms with van der Waals surface area (Å²) in [6, 6.07) is 3.60. The second-order valence-electron chi connectivity index (χ2n) is 3.91. The number of likely N-dealkylation sites (N-methyl/N-ethyl adjacent to an activating group) is 1. The molecule has 0 saturated heterocycles. The van der Waals surface area contributed by atoms with Crippen molar-refractivity contribution >= 4 is 29.3 Å². The van der Waals surface area contributed by atoms with Crippen LogP contribution < -0.4 is 15.0 Å². The zero-order valence-corrected chi connectivity index (χ0v) is 11.7.